The molecule has 1 aliphatic rings. The van der Waals surface area contributed by atoms with Crippen molar-refractivity contribution in [2.45, 2.75) is 37.8 Å². The second-order valence-corrected chi connectivity index (χ2v) is 9.80. The molecule has 1 atom stereocenters. The molecule has 0 spiro atoms. The van der Waals surface area contributed by atoms with Gasteiger partial charge in [0.05, 0.1) is 0 Å². The van der Waals surface area contributed by atoms with E-state index in [4.69, 9.17) is 16.2 Å². The highest BCUT2D eigenvalue weighted by molar-refractivity contribution is 7.79. The first-order valence-electron chi connectivity index (χ1n) is 12.9. The summed E-state index contributed by atoms with van der Waals surface area (Å²) in [6.45, 7) is 4.90. The lowest BCUT2D eigenvalue weighted by Gasteiger charge is -2.44. The van der Waals surface area contributed by atoms with Gasteiger partial charge in [0.25, 0.3) is 0 Å². The van der Waals surface area contributed by atoms with Crippen LogP contribution in [0.15, 0.2) is 91.3 Å². The minimum absolute atomic E-state index is 0.123. The highest BCUT2D eigenvalue weighted by atomic mass is 32.1. The molecule has 1 aliphatic heterocycles. The van der Waals surface area contributed by atoms with Crippen molar-refractivity contribution >= 4 is 18.3 Å². The van der Waals surface area contributed by atoms with E-state index in [1.165, 1.54) is 22.3 Å². The number of thiol groups is 1. The van der Waals surface area contributed by atoms with E-state index in [0.717, 1.165) is 43.9 Å². The van der Waals surface area contributed by atoms with Gasteiger partial charge < -0.3 is 16.2 Å². The Bertz CT molecular complexity index is 1210. The number of ether oxygens (including phenoxy) is 1. The third-order valence-corrected chi connectivity index (χ3v) is 7.12. The summed E-state index contributed by atoms with van der Waals surface area (Å²) in [4.78, 5) is 10.7. The molecule has 6 nitrogen and oxygen atoms in total. The number of nitrogen functional groups attached to an aromatic ring is 1. The van der Waals surface area contributed by atoms with E-state index in [9.17, 15) is 0 Å². The van der Waals surface area contributed by atoms with Crippen molar-refractivity contribution in [2.75, 3.05) is 25.1 Å². The molecule has 0 aliphatic carbocycles. The van der Waals surface area contributed by atoms with E-state index >= 15 is 0 Å². The number of anilines is 1. The van der Waals surface area contributed by atoms with Gasteiger partial charge in [-0.25, -0.2) is 9.97 Å². The number of hydrogen-bond donors (Lipinski definition) is 3. The first-order chi connectivity index (χ1) is 18.5. The number of nitrogens with two attached hydrogens (primary N) is 2. The summed E-state index contributed by atoms with van der Waals surface area (Å²) in [5.41, 5.74) is 18.6. The number of aromatic nitrogens is 2. The zero-order chi connectivity index (χ0) is 27.0. The predicted molar refractivity (Wildman–Crippen MR) is 159 cm³/mol. The smallest absolute Gasteiger partial charge is 0.321 e. The van der Waals surface area contributed by atoms with Crippen LogP contribution in [0.4, 0.5) is 5.69 Å². The van der Waals surface area contributed by atoms with Crippen molar-refractivity contribution in [3.05, 3.63) is 114 Å². The second-order valence-electron chi connectivity index (χ2n) is 9.80. The summed E-state index contributed by atoms with van der Waals surface area (Å²) in [5.74, 6) is 0.853. The highest BCUT2D eigenvalue weighted by Gasteiger charge is 2.39. The molecule has 0 amide bonds. The third-order valence-electron chi connectivity index (χ3n) is 7.12. The minimum Gasteiger partial charge on any atom is -0.424 e. The van der Waals surface area contributed by atoms with Crippen molar-refractivity contribution in [3.8, 4) is 11.8 Å². The first kappa shape index (κ1) is 27.6. The third kappa shape index (κ3) is 6.92. The van der Waals surface area contributed by atoms with Gasteiger partial charge >= 0.3 is 6.01 Å². The first-order valence-corrected chi connectivity index (χ1v) is 13.8. The fourth-order valence-electron chi connectivity index (χ4n) is 5.08. The summed E-state index contributed by atoms with van der Waals surface area (Å²) >= 11 is 3.53. The number of nitrogens with zero attached hydrogens (tertiary/aromatic N) is 3. The van der Waals surface area contributed by atoms with Crippen LogP contribution < -0.4 is 16.2 Å². The summed E-state index contributed by atoms with van der Waals surface area (Å²) in [5, 5.41) is 0. The molecule has 0 radical (unpaired) electrons. The van der Waals surface area contributed by atoms with Crippen molar-refractivity contribution in [1.29, 1.82) is 0 Å². The van der Waals surface area contributed by atoms with Crippen molar-refractivity contribution in [1.82, 2.24) is 14.9 Å². The number of benzene rings is 3. The zero-order valence-corrected chi connectivity index (χ0v) is 23.0. The Morgan fingerprint density at radius 3 is 2.00 bits per heavy atom. The molecule has 0 bridgehead atoms. The van der Waals surface area contributed by atoms with E-state index in [1.54, 1.807) is 24.7 Å². The molecule has 4 aromatic rings. The quantitative estimate of drug-likeness (QED) is 0.207. The van der Waals surface area contributed by atoms with Gasteiger partial charge in [-0.2, -0.15) is 12.6 Å². The van der Waals surface area contributed by atoms with Gasteiger partial charge in [-0.05, 0) is 73.0 Å². The monoisotopic (exact) mass is 527 g/mol. The number of piperidine rings is 1. The fourth-order valence-corrected chi connectivity index (χ4v) is 5.08. The van der Waals surface area contributed by atoms with Crippen LogP contribution in [0.25, 0.3) is 0 Å². The van der Waals surface area contributed by atoms with Crippen LogP contribution in [0.1, 0.15) is 41.0 Å². The molecular formula is C31H37N5OS. The van der Waals surface area contributed by atoms with Gasteiger partial charge in [-0.15, -0.1) is 0 Å². The number of likely N-dealkylation sites (tertiary alicyclic amines) is 1. The highest BCUT2D eigenvalue weighted by Crippen LogP contribution is 2.40. The van der Waals surface area contributed by atoms with Crippen LogP contribution in [0.5, 0.6) is 11.8 Å². The maximum Gasteiger partial charge on any atom is 0.321 e. The van der Waals surface area contributed by atoms with Gasteiger partial charge in [0.15, 0.2) is 0 Å². The Hall–Kier alpha value is -3.39. The molecule has 5 rings (SSSR count). The van der Waals surface area contributed by atoms with Crippen molar-refractivity contribution in [3.63, 3.8) is 0 Å². The molecule has 0 saturated carbocycles. The molecule has 4 N–H and O–H groups in total. The van der Waals surface area contributed by atoms with Gasteiger partial charge in [0.2, 0.25) is 0 Å². The van der Waals surface area contributed by atoms with E-state index in [1.807, 2.05) is 24.3 Å². The van der Waals surface area contributed by atoms with Gasteiger partial charge in [0.1, 0.15) is 5.75 Å². The number of rotatable bonds is 7. The van der Waals surface area contributed by atoms with E-state index in [-0.39, 0.29) is 11.5 Å². The molecule has 1 fully saturated rings. The summed E-state index contributed by atoms with van der Waals surface area (Å²) in [6.07, 6.45) is 6.87. The average Bonchev–Trinajstić information content (AvgIpc) is 2.95. The molecule has 7 heteroatoms. The summed E-state index contributed by atoms with van der Waals surface area (Å²) in [6, 6.07) is 27.3. The Balaban J connectivity index is 0.00000164. The lowest BCUT2D eigenvalue weighted by molar-refractivity contribution is 0.144. The lowest BCUT2D eigenvalue weighted by atomic mass is 9.70. The molecule has 1 aromatic heterocycles. The van der Waals surface area contributed by atoms with Gasteiger partial charge in [0, 0.05) is 49.2 Å². The number of aryl methyl sites for hydroxylation is 1. The van der Waals surface area contributed by atoms with Crippen LogP contribution in [-0.4, -0.2) is 39.8 Å². The lowest BCUT2D eigenvalue weighted by Crippen LogP contribution is -2.54. The molecule has 1 unspecified atom stereocenters. The average molecular weight is 528 g/mol. The van der Waals surface area contributed by atoms with Crippen molar-refractivity contribution < 1.29 is 4.74 Å². The van der Waals surface area contributed by atoms with E-state index in [2.05, 4.69) is 83.0 Å². The topological polar surface area (TPSA) is 90.3 Å². The van der Waals surface area contributed by atoms with Gasteiger partial charge in [-0.3, -0.25) is 4.90 Å². The Kier molecular flexibility index (Phi) is 9.39. The Morgan fingerprint density at radius 1 is 0.868 bits per heavy atom. The van der Waals surface area contributed by atoms with Crippen LogP contribution in [-0.2, 0) is 6.54 Å². The molecule has 3 aromatic carbocycles. The van der Waals surface area contributed by atoms with Crippen LogP contribution >= 0.6 is 12.6 Å². The predicted octanol–water partition coefficient (Wildman–Crippen LogP) is 5.83. The fraction of sp³-hybridized carbons (Fsp3) is 0.290. The zero-order valence-electron chi connectivity index (χ0n) is 22.1. The molecule has 2 heterocycles. The SMILES string of the molecule is CS.Cc1ccc(C(c2ccc(N)cc2)C2(N)CCN(Cc3ccc(Oc4ncccn4)cc3)CC2)cc1. The molecular weight excluding hydrogens is 490 g/mol. The Labute approximate surface area is 231 Å². The largest absolute Gasteiger partial charge is 0.424 e. The minimum atomic E-state index is -0.324. The normalized spacial score (nSPS) is 15.7. The van der Waals surface area contributed by atoms with Crippen LogP contribution in [0.2, 0.25) is 0 Å². The molecule has 1 saturated heterocycles. The number of hydrogen-bond acceptors (Lipinski definition) is 7. The maximum absolute atomic E-state index is 7.21. The van der Waals surface area contributed by atoms with Crippen molar-refractivity contribution in [2.24, 2.45) is 5.73 Å². The standard InChI is InChI=1S/C30H33N5O.CH4S/c1-22-3-7-24(8-4-22)28(25-9-11-26(31)12-10-25)30(32)15-19-35(20-16-30)21-23-5-13-27(14-6-23)36-29-33-17-2-18-34-29;1-2/h2-14,17-18,28H,15-16,19-21,31-32H2,1H3;2H,1H3. The van der Waals surface area contributed by atoms with Crippen LogP contribution in [0, 0.1) is 6.92 Å². The Morgan fingerprint density at radius 2 is 1.42 bits per heavy atom. The summed E-state index contributed by atoms with van der Waals surface area (Å²) in [7, 11) is 0. The van der Waals surface area contributed by atoms with Gasteiger partial charge in [-0.1, -0.05) is 54.1 Å². The van der Waals surface area contributed by atoms with Crippen LogP contribution in [0.3, 0.4) is 0 Å². The van der Waals surface area contributed by atoms with E-state index < -0.39 is 0 Å². The maximum atomic E-state index is 7.21. The van der Waals surface area contributed by atoms with E-state index in [0.29, 0.717) is 6.01 Å². The second kappa shape index (κ2) is 12.9. The summed E-state index contributed by atoms with van der Waals surface area (Å²) < 4.78 is 5.72. The molecule has 38 heavy (non-hydrogen) atoms. The molecule has 198 valence electrons.